The van der Waals surface area contributed by atoms with Crippen molar-refractivity contribution in [2.24, 2.45) is 5.73 Å². The zero-order valence-electron chi connectivity index (χ0n) is 16.5. The van der Waals surface area contributed by atoms with Gasteiger partial charge in [-0.2, -0.15) is 0 Å². The molecule has 5 rings (SSSR count). The van der Waals surface area contributed by atoms with Gasteiger partial charge in [0, 0.05) is 23.1 Å². The van der Waals surface area contributed by atoms with Crippen LogP contribution in [0.4, 0.5) is 0 Å². The number of aromatic nitrogens is 3. The Morgan fingerprint density at radius 2 is 2.16 bits per heavy atom. The fourth-order valence-corrected chi connectivity index (χ4v) is 6.77. The highest BCUT2D eigenvalue weighted by atomic mass is 32.2. The first-order valence-electron chi connectivity index (χ1n) is 9.60. The van der Waals surface area contributed by atoms with E-state index in [1.807, 2.05) is 30.3 Å². The lowest BCUT2D eigenvalue weighted by atomic mass is 10.0. The van der Waals surface area contributed by atoms with Crippen molar-refractivity contribution in [2.75, 3.05) is 11.5 Å². The Labute approximate surface area is 195 Å². The Kier molecular flexibility index (Phi) is 5.76. The number of carbonyl (C=O) groups excluding carboxylic acids is 1. The van der Waals surface area contributed by atoms with Crippen molar-refractivity contribution in [3.05, 3.63) is 52.8 Å². The number of carbonyl (C=O) groups is 2. The van der Waals surface area contributed by atoms with Crippen LogP contribution in [0.2, 0.25) is 0 Å². The van der Waals surface area contributed by atoms with Gasteiger partial charge in [-0.3, -0.25) is 14.7 Å². The lowest BCUT2D eigenvalue weighted by Gasteiger charge is -2.48. The fourth-order valence-electron chi connectivity index (χ4n) is 3.53. The quantitative estimate of drug-likeness (QED) is 0.378. The maximum Gasteiger partial charge on any atom is 0.352 e. The molecule has 32 heavy (non-hydrogen) atoms. The molecule has 1 aromatic carbocycles. The number of carboxylic acids is 1. The molecule has 2 atom stereocenters. The number of carboxylic acid groups (broad SMARTS) is 1. The number of nitrogens with zero attached hydrogens (tertiary/aromatic N) is 4. The number of ether oxygens (including phenoxy) is 1. The zero-order valence-corrected chi connectivity index (χ0v) is 19.0. The van der Waals surface area contributed by atoms with Crippen LogP contribution in [0.25, 0.3) is 10.9 Å². The SMILES string of the molecule is NC1C(=O)N2C(C(=O)O)=C(CSc3nnc(COc4cccc5cccnc45)s3)CSC12. The fraction of sp³-hybridized carbons (Fsp3) is 0.250. The number of amides is 1. The van der Waals surface area contributed by atoms with Crippen LogP contribution >= 0.6 is 34.9 Å². The van der Waals surface area contributed by atoms with Gasteiger partial charge >= 0.3 is 5.97 Å². The minimum atomic E-state index is -1.11. The molecule has 1 saturated heterocycles. The number of β-lactam (4-membered cyclic amide) rings is 1. The van der Waals surface area contributed by atoms with Gasteiger partial charge in [0.05, 0.1) is 0 Å². The summed E-state index contributed by atoms with van der Waals surface area (Å²) in [4.78, 5) is 29.5. The predicted molar refractivity (Wildman–Crippen MR) is 122 cm³/mol. The molecule has 1 amide bonds. The number of fused-ring (bicyclic) bond motifs is 2. The van der Waals surface area contributed by atoms with Crippen LogP contribution in [0.1, 0.15) is 5.01 Å². The first kappa shape index (κ1) is 21.2. The van der Waals surface area contributed by atoms with Gasteiger partial charge in [-0.05, 0) is 17.7 Å². The Morgan fingerprint density at radius 3 is 3.00 bits per heavy atom. The molecule has 164 valence electrons. The van der Waals surface area contributed by atoms with Crippen LogP contribution in [0.15, 0.2) is 52.1 Å². The standard InChI is InChI=1S/C20H17N5O4S3/c21-14-17(26)25-16(19(27)28)11(8-30-18(14)25)9-31-20-24-23-13(32-20)7-29-12-5-1-3-10-4-2-6-22-15(10)12/h1-6,14,18H,7-9,21H2,(H,27,28). The van der Waals surface area contributed by atoms with Gasteiger partial charge in [-0.25, -0.2) is 4.79 Å². The van der Waals surface area contributed by atoms with Crippen LogP contribution in [0, 0.1) is 0 Å². The van der Waals surface area contributed by atoms with E-state index in [2.05, 4.69) is 15.2 Å². The second-order valence-electron chi connectivity index (χ2n) is 7.06. The van der Waals surface area contributed by atoms with Crippen LogP contribution in [-0.2, 0) is 16.2 Å². The first-order chi connectivity index (χ1) is 15.5. The maximum atomic E-state index is 12.0. The zero-order chi connectivity index (χ0) is 22.2. The van der Waals surface area contributed by atoms with E-state index in [1.165, 1.54) is 39.8 Å². The maximum absolute atomic E-state index is 12.0. The number of hydrogen-bond acceptors (Lipinski definition) is 10. The van der Waals surface area contributed by atoms with E-state index in [-0.39, 0.29) is 23.6 Å². The molecule has 0 bridgehead atoms. The molecule has 9 nitrogen and oxygen atoms in total. The van der Waals surface area contributed by atoms with Crippen molar-refractivity contribution < 1.29 is 19.4 Å². The Balaban J connectivity index is 1.25. The molecule has 2 aliphatic heterocycles. The Bertz CT molecular complexity index is 1240. The second kappa shape index (κ2) is 8.70. The third-order valence-corrected chi connectivity index (χ3v) is 8.53. The molecule has 2 aliphatic rings. The smallest absolute Gasteiger partial charge is 0.352 e. The molecule has 3 N–H and O–H groups in total. The molecule has 1 fully saturated rings. The number of rotatable bonds is 7. The van der Waals surface area contributed by atoms with Crippen molar-refractivity contribution >= 4 is 57.6 Å². The molecule has 4 heterocycles. The predicted octanol–water partition coefficient (Wildman–Crippen LogP) is 2.34. The van der Waals surface area contributed by atoms with Crippen LogP contribution < -0.4 is 10.5 Å². The summed E-state index contributed by atoms with van der Waals surface area (Å²) in [5.74, 6) is 0.138. The molecular weight excluding hydrogens is 470 g/mol. The van der Waals surface area contributed by atoms with E-state index < -0.39 is 12.0 Å². The van der Waals surface area contributed by atoms with Crippen LogP contribution in [-0.4, -0.2) is 60.0 Å². The van der Waals surface area contributed by atoms with Crippen LogP contribution in [0.5, 0.6) is 5.75 Å². The lowest BCUT2D eigenvalue weighted by Crippen LogP contribution is -2.68. The largest absolute Gasteiger partial charge is 0.484 e. The summed E-state index contributed by atoms with van der Waals surface area (Å²) >= 11 is 4.27. The number of para-hydroxylation sites is 1. The molecule has 2 aromatic heterocycles. The number of thioether (sulfide) groups is 2. The summed E-state index contributed by atoms with van der Waals surface area (Å²) in [6.07, 6.45) is 1.72. The van der Waals surface area contributed by atoms with Gasteiger partial charge in [-0.1, -0.05) is 41.3 Å². The van der Waals surface area contributed by atoms with E-state index in [4.69, 9.17) is 10.5 Å². The number of hydrogen-bond donors (Lipinski definition) is 2. The highest BCUT2D eigenvalue weighted by molar-refractivity contribution is 8.01. The molecule has 12 heteroatoms. The lowest BCUT2D eigenvalue weighted by molar-refractivity contribution is -0.147. The summed E-state index contributed by atoms with van der Waals surface area (Å²) in [6.45, 7) is 0.259. The minimum absolute atomic E-state index is 0.0458. The normalized spacial score (nSPS) is 20.3. The van der Waals surface area contributed by atoms with Crippen molar-refractivity contribution in [3.63, 3.8) is 0 Å². The van der Waals surface area contributed by atoms with Crippen molar-refractivity contribution in [3.8, 4) is 5.75 Å². The summed E-state index contributed by atoms with van der Waals surface area (Å²) in [7, 11) is 0. The number of nitrogens with two attached hydrogens (primary N) is 1. The van der Waals surface area contributed by atoms with Gasteiger partial charge in [0.1, 0.15) is 35.0 Å². The van der Waals surface area contributed by atoms with Gasteiger partial charge < -0.3 is 15.6 Å². The van der Waals surface area contributed by atoms with E-state index in [9.17, 15) is 14.7 Å². The second-order valence-corrected chi connectivity index (χ2v) is 10.5. The molecule has 0 aliphatic carbocycles. The first-order valence-corrected chi connectivity index (χ1v) is 12.5. The molecule has 0 radical (unpaired) electrons. The van der Waals surface area contributed by atoms with Gasteiger partial charge in [0.2, 0.25) is 5.91 Å². The highest BCUT2D eigenvalue weighted by Crippen LogP contribution is 2.41. The summed E-state index contributed by atoms with van der Waals surface area (Å²) in [5, 5.41) is 19.4. The Hall–Kier alpha value is -2.67. The molecule has 0 spiro atoms. The van der Waals surface area contributed by atoms with E-state index in [0.29, 0.717) is 32.2 Å². The molecule has 2 unspecified atom stereocenters. The topological polar surface area (TPSA) is 132 Å². The number of aliphatic carboxylic acids is 1. The molecule has 0 saturated carbocycles. The third-order valence-electron chi connectivity index (χ3n) is 5.06. The Morgan fingerprint density at radius 1 is 1.31 bits per heavy atom. The minimum Gasteiger partial charge on any atom is -0.484 e. The van der Waals surface area contributed by atoms with Crippen LogP contribution in [0.3, 0.4) is 0 Å². The van der Waals surface area contributed by atoms with E-state index in [1.54, 1.807) is 6.20 Å². The summed E-state index contributed by atoms with van der Waals surface area (Å²) < 4.78 is 6.61. The average Bonchev–Trinajstić information content (AvgIpc) is 3.27. The van der Waals surface area contributed by atoms with Gasteiger partial charge in [-0.15, -0.1) is 22.0 Å². The summed E-state index contributed by atoms with van der Waals surface area (Å²) in [6, 6.07) is 8.97. The van der Waals surface area contributed by atoms with Crippen molar-refractivity contribution in [1.82, 2.24) is 20.1 Å². The van der Waals surface area contributed by atoms with Gasteiger partial charge in [0.25, 0.3) is 0 Å². The molecule has 3 aromatic rings. The monoisotopic (exact) mass is 487 g/mol. The van der Waals surface area contributed by atoms with E-state index >= 15 is 0 Å². The number of pyridine rings is 1. The highest BCUT2D eigenvalue weighted by Gasteiger charge is 2.51. The van der Waals surface area contributed by atoms with Crippen molar-refractivity contribution in [2.45, 2.75) is 22.4 Å². The third kappa shape index (κ3) is 3.83. The number of benzene rings is 1. The average molecular weight is 488 g/mol. The molecular formula is C20H17N5O4S3. The van der Waals surface area contributed by atoms with Crippen molar-refractivity contribution in [1.29, 1.82) is 0 Å². The van der Waals surface area contributed by atoms with Gasteiger partial charge in [0.15, 0.2) is 9.35 Å². The summed E-state index contributed by atoms with van der Waals surface area (Å²) in [5.41, 5.74) is 7.30. The van der Waals surface area contributed by atoms with E-state index in [0.717, 1.165) is 10.9 Å².